The van der Waals surface area contributed by atoms with Gasteiger partial charge in [-0.15, -0.1) is 0 Å². The van der Waals surface area contributed by atoms with Crippen molar-refractivity contribution in [3.63, 3.8) is 0 Å². The monoisotopic (exact) mass is 889 g/mol. The molecule has 0 bridgehead atoms. The van der Waals surface area contributed by atoms with E-state index in [0.29, 0.717) is 12.8 Å². The topological polar surface area (TPSA) is 149 Å². The molecule has 0 heterocycles. The van der Waals surface area contributed by atoms with Crippen LogP contribution in [0.1, 0.15) is 258 Å². The van der Waals surface area contributed by atoms with Crippen LogP contribution in [0.2, 0.25) is 0 Å². The van der Waals surface area contributed by atoms with Gasteiger partial charge >= 0.3 is 19.8 Å². The summed E-state index contributed by atoms with van der Waals surface area (Å²) in [7, 11) is -4.62. The SMILES string of the molecule is CCCCCCCCCC/C=C\CCCCCCCCCCCCCC(=O)OC(COC(=O)CCCCCCCCCCCCCCCCC)COP(=O)(O)OCC(O)CO. The number of aliphatic hydroxyl groups is 2. The van der Waals surface area contributed by atoms with Gasteiger partial charge in [-0.05, 0) is 38.5 Å². The van der Waals surface area contributed by atoms with Crippen molar-refractivity contribution < 1.29 is 47.8 Å². The maximum atomic E-state index is 12.7. The first-order chi connectivity index (χ1) is 29.7. The van der Waals surface area contributed by atoms with Crippen LogP contribution in [-0.4, -0.2) is 65.7 Å². The summed E-state index contributed by atoms with van der Waals surface area (Å²) in [5.74, 6) is -0.909. The number of carbonyl (C=O) groups excluding carboxylic acids is 2. The molecule has 0 aliphatic heterocycles. The fraction of sp³-hybridized carbons (Fsp3) is 0.920. The standard InChI is InChI=1S/C50H97O10P/c1-3-5-7-9-11-13-15-17-19-20-21-22-23-24-25-26-28-30-32-34-36-38-40-42-50(54)60-48(46-59-61(55,56)58-44-47(52)43-51)45-57-49(53)41-39-37-35-33-31-29-27-18-16-14-12-10-8-6-4-2/h20-21,47-48,51-52H,3-19,22-46H2,1-2H3,(H,55,56)/b21-20-. The van der Waals surface area contributed by atoms with Crippen LogP contribution in [-0.2, 0) is 32.7 Å². The van der Waals surface area contributed by atoms with E-state index < -0.39 is 51.8 Å². The Morgan fingerprint density at radius 1 is 0.475 bits per heavy atom. The highest BCUT2D eigenvalue weighted by atomic mass is 31.2. The van der Waals surface area contributed by atoms with E-state index in [1.54, 1.807) is 0 Å². The fourth-order valence-electron chi connectivity index (χ4n) is 7.46. The molecule has 0 saturated heterocycles. The third-order valence-electron chi connectivity index (χ3n) is 11.4. The minimum Gasteiger partial charge on any atom is -0.462 e. The van der Waals surface area contributed by atoms with Gasteiger partial charge in [0, 0.05) is 12.8 Å². The summed E-state index contributed by atoms with van der Waals surface area (Å²) in [4.78, 5) is 35.1. The van der Waals surface area contributed by atoms with E-state index in [-0.39, 0.29) is 19.4 Å². The van der Waals surface area contributed by atoms with E-state index in [2.05, 4.69) is 26.0 Å². The van der Waals surface area contributed by atoms with Crippen LogP contribution in [0, 0.1) is 0 Å². The molecule has 0 aliphatic rings. The number of phosphoric acid groups is 1. The van der Waals surface area contributed by atoms with E-state index in [1.165, 1.54) is 180 Å². The van der Waals surface area contributed by atoms with Crippen molar-refractivity contribution in [2.24, 2.45) is 0 Å². The quantitative estimate of drug-likeness (QED) is 0.0233. The van der Waals surface area contributed by atoms with Gasteiger partial charge in [0.15, 0.2) is 6.10 Å². The Kier molecular flexibility index (Phi) is 45.7. The maximum Gasteiger partial charge on any atom is 0.472 e. The number of hydrogen-bond acceptors (Lipinski definition) is 9. The number of hydrogen-bond donors (Lipinski definition) is 3. The second kappa shape index (κ2) is 46.7. The number of phosphoric ester groups is 1. The Morgan fingerprint density at radius 2 is 0.803 bits per heavy atom. The van der Waals surface area contributed by atoms with Crippen LogP contribution < -0.4 is 0 Å². The molecule has 0 fully saturated rings. The molecule has 3 N–H and O–H groups in total. The lowest BCUT2D eigenvalue weighted by Gasteiger charge is -2.20. The van der Waals surface area contributed by atoms with Gasteiger partial charge in [0.05, 0.1) is 19.8 Å². The van der Waals surface area contributed by atoms with Gasteiger partial charge in [0.2, 0.25) is 0 Å². The van der Waals surface area contributed by atoms with Crippen LogP contribution in [0.25, 0.3) is 0 Å². The number of aliphatic hydroxyl groups excluding tert-OH is 2. The van der Waals surface area contributed by atoms with Gasteiger partial charge in [0.1, 0.15) is 12.7 Å². The summed E-state index contributed by atoms with van der Waals surface area (Å²) < 4.78 is 32.9. The highest BCUT2D eigenvalue weighted by Crippen LogP contribution is 2.43. The van der Waals surface area contributed by atoms with E-state index >= 15 is 0 Å². The van der Waals surface area contributed by atoms with Crippen molar-refractivity contribution in [1.82, 2.24) is 0 Å². The largest absolute Gasteiger partial charge is 0.472 e. The van der Waals surface area contributed by atoms with E-state index in [1.807, 2.05) is 0 Å². The molecule has 362 valence electrons. The number of carbonyl (C=O) groups is 2. The Balaban J connectivity index is 4.12. The van der Waals surface area contributed by atoms with E-state index in [0.717, 1.165) is 38.5 Å². The molecule has 0 aromatic carbocycles. The molecule has 0 aliphatic carbocycles. The van der Waals surface area contributed by atoms with Crippen molar-refractivity contribution in [3.8, 4) is 0 Å². The maximum absolute atomic E-state index is 12.7. The number of esters is 2. The molecule has 0 aromatic heterocycles. The lowest BCUT2D eigenvalue weighted by atomic mass is 10.0. The normalized spacial score (nSPS) is 13.7. The molecule has 0 amide bonds. The summed E-state index contributed by atoms with van der Waals surface area (Å²) >= 11 is 0. The van der Waals surface area contributed by atoms with Gasteiger partial charge in [-0.1, -0.05) is 219 Å². The van der Waals surface area contributed by atoms with Gasteiger partial charge in [0.25, 0.3) is 0 Å². The first-order valence-corrected chi connectivity index (χ1v) is 27.1. The lowest BCUT2D eigenvalue weighted by Crippen LogP contribution is -2.29. The highest BCUT2D eigenvalue weighted by Gasteiger charge is 2.27. The Labute approximate surface area is 375 Å². The molecule has 0 radical (unpaired) electrons. The van der Waals surface area contributed by atoms with Crippen LogP contribution in [0.4, 0.5) is 0 Å². The summed E-state index contributed by atoms with van der Waals surface area (Å²) in [5.41, 5.74) is 0. The second-order valence-corrected chi connectivity index (χ2v) is 19.0. The van der Waals surface area contributed by atoms with Crippen molar-refractivity contribution >= 4 is 19.8 Å². The van der Waals surface area contributed by atoms with Gasteiger partial charge in [-0.3, -0.25) is 18.6 Å². The predicted molar refractivity (Wildman–Crippen MR) is 252 cm³/mol. The molecule has 3 unspecified atom stereocenters. The first kappa shape index (κ1) is 59.7. The summed E-state index contributed by atoms with van der Waals surface area (Å²) in [6, 6.07) is 0. The Morgan fingerprint density at radius 3 is 1.18 bits per heavy atom. The number of unbranched alkanes of at least 4 members (excludes halogenated alkanes) is 33. The zero-order valence-electron chi connectivity index (χ0n) is 39.7. The predicted octanol–water partition coefficient (Wildman–Crippen LogP) is 14.3. The van der Waals surface area contributed by atoms with Crippen LogP contribution >= 0.6 is 7.82 Å². The van der Waals surface area contributed by atoms with Gasteiger partial charge < -0.3 is 24.6 Å². The van der Waals surface area contributed by atoms with Crippen LogP contribution in [0.5, 0.6) is 0 Å². The van der Waals surface area contributed by atoms with E-state index in [9.17, 15) is 24.2 Å². The van der Waals surface area contributed by atoms with Crippen molar-refractivity contribution in [3.05, 3.63) is 12.2 Å². The number of rotatable bonds is 49. The average Bonchev–Trinajstić information content (AvgIpc) is 3.25. The molecule has 0 rings (SSSR count). The molecular weight excluding hydrogens is 792 g/mol. The minimum atomic E-state index is -4.62. The van der Waals surface area contributed by atoms with Crippen LogP contribution in [0.15, 0.2) is 12.2 Å². The summed E-state index contributed by atoms with van der Waals surface area (Å²) in [6.07, 6.45) is 47.5. The third kappa shape index (κ3) is 46.5. The average molecular weight is 889 g/mol. The van der Waals surface area contributed by atoms with Gasteiger partial charge in [-0.2, -0.15) is 0 Å². The number of allylic oxidation sites excluding steroid dienone is 2. The zero-order valence-corrected chi connectivity index (χ0v) is 40.5. The molecule has 11 heteroatoms. The third-order valence-corrected chi connectivity index (χ3v) is 12.4. The molecule has 0 saturated carbocycles. The molecule has 10 nitrogen and oxygen atoms in total. The van der Waals surface area contributed by atoms with Gasteiger partial charge in [-0.25, -0.2) is 4.57 Å². The molecule has 61 heavy (non-hydrogen) atoms. The smallest absolute Gasteiger partial charge is 0.462 e. The molecular formula is C50H97O10P. The van der Waals surface area contributed by atoms with Crippen LogP contribution in [0.3, 0.4) is 0 Å². The van der Waals surface area contributed by atoms with Crippen molar-refractivity contribution in [1.29, 1.82) is 0 Å². The minimum absolute atomic E-state index is 0.188. The summed E-state index contributed by atoms with van der Waals surface area (Å²) in [5, 5.41) is 18.4. The number of ether oxygens (including phenoxy) is 2. The Bertz CT molecular complexity index is 1020. The first-order valence-electron chi connectivity index (χ1n) is 25.6. The van der Waals surface area contributed by atoms with Crippen molar-refractivity contribution in [2.75, 3.05) is 26.4 Å². The lowest BCUT2D eigenvalue weighted by molar-refractivity contribution is -0.161. The molecule has 0 spiro atoms. The Hall–Kier alpha value is -1.29. The fourth-order valence-corrected chi connectivity index (χ4v) is 8.25. The van der Waals surface area contributed by atoms with Crippen molar-refractivity contribution in [2.45, 2.75) is 270 Å². The second-order valence-electron chi connectivity index (χ2n) is 17.6. The summed E-state index contributed by atoms with van der Waals surface area (Å²) in [6.45, 7) is 2.43. The zero-order chi connectivity index (χ0) is 44.8. The highest BCUT2D eigenvalue weighted by molar-refractivity contribution is 7.47. The molecule has 3 atom stereocenters. The van der Waals surface area contributed by atoms with E-state index in [4.69, 9.17) is 23.6 Å². The molecule has 0 aromatic rings.